The molecule has 4 rings (SSSR count). The van der Waals surface area contributed by atoms with E-state index in [9.17, 15) is 12.8 Å². The summed E-state index contributed by atoms with van der Waals surface area (Å²) in [5, 5.41) is 7.74. The molecule has 0 spiro atoms. The van der Waals surface area contributed by atoms with Gasteiger partial charge in [-0.1, -0.05) is 11.6 Å². The Morgan fingerprint density at radius 1 is 1.08 bits per heavy atom. The SMILES string of the molecule is COc1ncnc(OC)c1-n1c(CS(=O)(=O)[C@@H](C)[C@H](OC)c2ncc(Cl)cn2)nnc1[C@H]1CC[C@H]1CF. The Balaban J connectivity index is 1.78. The number of methoxy groups -OCH3 is 3. The standard InChI is InChI=1S/C22H27ClFN7O5S/c1-12(18(34-2)19-25-8-14(23)9-26-19)37(32,33)10-16-29-30-20(15-6-5-13(15)7-24)31(16)17-21(35-3)27-11-28-22(17)36-4/h8-9,11-13,15,18H,5-7,10H2,1-4H3/t12-,13-,15-,18-/m0/s1. The van der Waals surface area contributed by atoms with Crippen LogP contribution in [0.5, 0.6) is 11.8 Å². The summed E-state index contributed by atoms with van der Waals surface area (Å²) in [5.41, 5.74) is 0.235. The van der Waals surface area contributed by atoms with Gasteiger partial charge in [-0.05, 0) is 25.7 Å². The molecule has 37 heavy (non-hydrogen) atoms. The maximum atomic E-state index is 13.6. The molecule has 0 saturated heterocycles. The van der Waals surface area contributed by atoms with E-state index >= 15 is 0 Å². The Morgan fingerprint density at radius 2 is 1.73 bits per heavy atom. The topological polar surface area (TPSA) is 144 Å². The average molecular weight is 556 g/mol. The molecule has 12 nitrogen and oxygen atoms in total. The van der Waals surface area contributed by atoms with Crippen molar-refractivity contribution in [3.05, 3.63) is 41.2 Å². The van der Waals surface area contributed by atoms with Crippen molar-refractivity contribution >= 4 is 21.4 Å². The van der Waals surface area contributed by atoms with Crippen molar-refractivity contribution in [1.82, 2.24) is 34.7 Å². The van der Waals surface area contributed by atoms with Gasteiger partial charge in [0.1, 0.15) is 24.0 Å². The molecule has 0 N–H and O–H groups in total. The summed E-state index contributed by atoms with van der Waals surface area (Å²) in [4.78, 5) is 16.5. The van der Waals surface area contributed by atoms with Gasteiger partial charge >= 0.3 is 0 Å². The predicted molar refractivity (Wildman–Crippen MR) is 130 cm³/mol. The van der Waals surface area contributed by atoms with Crippen LogP contribution in [-0.4, -0.2) is 76.4 Å². The lowest BCUT2D eigenvalue weighted by atomic mass is 9.74. The van der Waals surface area contributed by atoms with E-state index in [2.05, 4.69) is 30.1 Å². The van der Waals surface area contributed by atoms with Crippen molar-refractivity contribution in [2.75, 3.05) is 28.0 Å². The number of sulfone groups is 1. The fourth-order valence-electron chi connectivity index (χ4n) is 4.31. The number of alkyl halides is 1. The molecule has 3 heterocycles. The van der Waals surface area contributed by atoms with Crippen molar-refractivity contribution in [3.63, 3.8) is 0 Å². The third-order valence-corrected chi connectivity index (χ3v) is 8.78. The molecule has 0 amide bonds. The van der Waals surface area contributed by atoms with Crippen LogP contribution in [0.25, 0.3) is 5.69 Å². The zero-order chi connectivity index (χ0) is 26.7. The van der Waals surface area contributed by atoms with E-state index in [4.69, 9.17) is 25.8 Å². The third-order valence-electron chi connectivity index (χ3n) is 6.54. The molecule has 200 valence electrons. The molecule has 0 bridgehead atoms. The van der Waals surface area contributed by atoms with Crippen molar-refractivity contribution < 1.29 is 27.0 Å². The first-order valence-corrected chi connectivity index (χ1v) is 13.5. The number of hydrogen-bond acceptors (Lipinski definition) is 11. The van der Waals surface area contributed by atoms with E-state index in [-0.39, 0.29) is 40.9 Å². The molecule has 3 aromatic heterocycles. The Hall–Kier alpha value is -2.97. The molecule has 0 unspecified atom stereocenters. The van der Waals surface area contributed by atoms with Crippen molar-refractivity contribution in [2.24, 2.45) is 5.92 Å². The summed E-state index contributed by atoms with van der Waals surface area (Å²) < 4.78 is 58.7. The van der Waals surface area contributed by atoms with Crippen LogP contribution in [0.4, 0.5) is 4.39 Å². The number of nitrogens with zero attached hydrogens (tertiary/aromatic N) is 7. The second kappa shape index (κ2) is 11.2. The summed E-state index contributed by atoms with van der Waals surface area (Å²) in [7, 11) is 0.271. The van der Waals surface area contributed by atoms with Crippen LogP contribution >= 0.6 is 11.6 Å². The average Bonchev–Trinajstić information content (AvgIpc) is 3.25. The van der Waals surface area contributed by atoms with Crippen LogP contribution in [0.1, 0.15) is 49.3 Å². The van der Waals surface area contributed by atoms with E-state index in [1.165, 1.54) is 51.5 Å². The van der Waals surface area contributed by atoms with Gasteiger partial charge in [-0.3, -0.25) is 8.96 Å². The van der Waals surface area contributed by atoms with E-state index in [1.807, 2.05) is 0 Å². The van der Waals surface area contributed by atoms with Crippen LogP contribution in [0, 0.1) is 5.92 Å². The highest BCUT2D eigenvalue weighted by Crippen LogP contribution is 2.44. The van der Waals surface area contributed by atoms with Crippen LogP contribution in [0.15, 0.2) is 18.7 Å². The Morgan fingerprint density at radius 3 is 2.24 bits per heavy atom. The minimum absolute atomic E-state index is 0.0737. The molecule has 0 aliphatic heterocycles. The number of aromatic nitrogens is 7. The van der Waals surface area contributed by atoms with Gasteiger partial charge in [-0.25, -0.2) is 18.4 Å². The van der Waals surface area contributed by atoms with Crippen LogP contribution in [0.3, 0.4) is 0 Å². The number of halogens is 2. The highest BCUT2D eigenvalue weighted by molar-refractivity contribution is 7.91. The largest absolute Gasteiger partial charge is 0.479 e. The molecule has 4 atom stereocenters. The highest BCUT2D eigenvalue weighted by Gasteiger charge is 2.40. The van der Waals surface area contributed by atoms with Gasteiger partial charge in [0.25, 0.3) is 0 Å². The second-order valence-electron chi connectivity index (χ2n) is 8.58. The molecular weight excluding hydrogens is 529 g/mol. The van der Waals surface area contributed by atoms with Gasteiger partial charge in [0.05, 0.1) is 31.2 Å². The van der Waals surface area contributed by atoms with Gasteiger partial charge in [-0.2, -0.15) is 9.97 Å². The molecule has 15 heteroatoms. The van der Waals surface area contributed by atoms with Crippen LogP contribution < -0.4 is 9.47 Å². The minimum Gasteiger partial charge on any atom is -0.479 e. The molecule has 1 fully saturated rings. The Bertz CT molecular complexity index is 1320. The van der Waals surface area contributed by atoms with E-state index in [1.54, 1.807) is 0 Å². The summed E-state index contributed by atoms with van der Waals surface area (Å²) in [6.07, 6.45) is 4.39. The van der Waals surface area contributed by atoms with Gasteiger partial charge < -0.3 is 14.2 Å². The molecule has 1 aliphatic carbocycles. The number of rotatable bonds is 11. The lowest BCUT2D eigenvalue weighted by Crippen LogP contribution is -2.31. The molecule has 0 aromatic carbocycles. The first-order chi connectivity index (χ1) is 17.7. The van der Waals surface area contributed by atoms with Gasteiger partial charge in [0.15, 0.2) is 27.2 Å². The van der Waals surface area contributed by atoms with Gasteiger partial charge in [-0.15, -0.1) is 10.2 Å². The minimum atomic E-state index is -3.93. The fourth-order valence-corrected chi connectivity index (χ4v) is 5.83. The molecule has 3 aromatic rings. The Kier molecular flexibility index (Phi) is 8.19. The second-order valence-corrected chi connectivity index (χ2v) is 11.4. The summed E-state index contributed by atoms with van der Waals surface area (Å²) >= 11 is 5.87. The molecular formula is C22H27ClFN7O5S. The third kappa shape index (κ3) is 5.22. The first-order valence-electron chi connectivity index (χ1n) is 11.4. The molecule has 0 radical (unpaired) electrons. The van der Waals surface area contributed by atoms with Crippen LogP contribution in [0.2, 0.25) is 5.02 Å². The van der Waals surface area contributed by atoms with Crippen molar-refractivity contribution in [3.8, 4) is 17.4 Å². The quantitative estimate of drug-likeness (QED) is 0.344. The smallest absolute Gasteiger partial charge is 0.245 e. The fraction of sp³-hybridized carbons (Fsp3) is 0.545. The van der Waals surface area contributed by atoms with E-state index < -0.39 is 33.6 Å². The number of hydrogen-bond donors (Lipinski definition) is 0. The van der Waals surface area contributed by atoms with Gasteiger partial charge in [0.2, 0.25) is 11.8 Å². The normalized spacial score (nSPS) is 19.2. The summed E-state index contributed by atoms with van der Waals surface area (Å²) in [6, 6.07) is 0. The zero-order valence-electron chi connectivity index (χ0n) is 20.7. The lowest BCUT2D eigenvalue weighted by Gasteiger charge is -2.34. The van der Waals surface area contributed by atoms with E-state index in [0.717, 1.165) is 0 Å². The maximum absolute atomic E-state index is 13.6. The molecule has 1 aliphatic rings. The van der Waals surface area contributed by atoms with Crippen molar-refractivity contribution in [1.29, 1.82) is 0 Å². The van der Waals surface area contributed by atoms with Crippen molar-refractivity contribution in [2.45, 2.75) is 42.8 Å². The molecule has 1 saturated carbocycles. The van der Waals surface area contributed by atoms with E-state index in [0.29, 0.717) is 23.7 Å². The number of ether oxygens (including phenoxy) is 3. The maximum Gasteiger partial charge on any atom is 0.245 e. The van der Waals surface area contributed by atoms with Crippen LogP contribution in [-0.2, 0) is 20.3 Å². The zero-order valence-corrected chi connectivity index (χ0v) is 22.3. The summed E-state index contributed by atoms with van der Waals surface area (Å²) in [5.74, 6) is -0.163. The first kappa shape index (κ1) is 27.1. The Labute approximate surface area is 218 Å². The summed E-state index contributed by atoms with van der Waals surface area (Å²) in [6.45, 7) is 0.972. The predicted octanol–water partition coefficient (Wildman–Crippen LogP) is 2.67. The highest BCUT2D eigenvalue weighted by atomic mass is 35.5. The lowest BCUT2D eigenvalue weighted by molar-refractivity contribution is 0.0948. The monoisotopic (exact) mass is 555 g/mol. The van der Waals surface area contributed by atoms with Gasteiger partial charge in [0, 0.05) is 25.4 Å².